The predicted octanol–water partition coefficient (Wildman–Crippen LogP) is 2.31. The first kappa shape index (κ1) is 12.2. The highest BCUT2D eigenvalue weighted by Crippen LogP contribution is 2.23. The third kappa shape index (κ3) is 3.37. The second-order valence-corrected chi connectivity index (χ2v) is 4.60. The molecule has 3 nitrogen and oxygen atoms in total. The van der Waals surface area contributed by atoms with Crippen molar-refractivity contribution in [1.82, 2.24) is 4.90 Å². The Morgan fingerprint density at radius 2 is 2.06 bits per heavy atom. The topological polar surface area (TPSA) is 38.5 Å². The molecule has 1 fully saturated rings. The van der Waals surface area contributed by atoms with Gasteiger partial charge in [-0.15, -0.1) is 0 Å². The van der Waals surface area contributed by atoms with E-state index in [0.717, 1.165) is 24.4 Å². The maximum Gasteiger partial charge on any atom is 0.142 e. The van der Waals surface area contributed by atoms with Crippen LogP contribution in [0.5, 0.6) is 5.75 Å². The molecule has 0 radical (unpaired) electrons. The summed E-state index contributed by atoms with van der Waals surface area (Å²) in [6.45, 7) is 6.30. The summed E-state index contributed by atoms with van der Waals surface area (Å²) < 4.78 is 5.43. The Kier molecular flexibility index (Phi) is 4.26. The van der Waals surface area contributed by atoms with Gasteiger partial charge in [0.05, 0.1) is 12.3 Å². The molecule has 1 aromatic rings. The van der Waals surface area contributed by atoms with Crippen molar-refractivity contribution in [2.24, 2.45) is 0 Å². The highest BCUT2D eigenvalue weighted by molar-refractivity contribution is 5.54. The highest BCUT2D eigenvalue weighted by Gasteiger charge is 2.11. The first-order valence-corrected chi connectivity index (χ1v) is 6.53. The fourth-order valence-electron chi connectivity index (χ4n) is 2.33. The Morgan fingerprint density at radius 3 is 2.71 bits per heavy atom. The number of nitrogen functional groups attached to an aromatic ring is 1. The minimum Gasteiger partial charge on any atom is -0.492 e. The summed E-state index contributed by atoms with van der Waals surface area (Å²) in [5.74, 6) is 0.803. The van der Waals surface area contributed by atoms with Crippen LogP contribution in [0.15, 0.2) is 18.2 Å². The van der Waals surface area contributed by atoms with Crippen molar-refractivity contribution in [3.05, 3.63) is 23.8 Å². The van der Waals surface area contributed by atoms with Gasteiger partial charge in [0.25, 0.3) is 0 Å². The van der Waals surface area contributed by atoms with Gasteiger partial charge in [-0.2, -0.15) is 0 Å². The molecule has 0 unspecified atom stereocenters. The van der Waals surface area contributed by atoms with Crippen LogP contribution < -0.4 is 10.5 Å². The molecule has 0 spiro atoms. The van der Waals surface area contributed by atoms with E-state index >= 15 is 0 Å². The number of benzene rings is 1. The zero-order valence-corrected chi connectivity index (χ0v) is 10.6. The lowest BCUT2D eigenvalue weighted by molar-refractivity contribution is 0.340. The van der Waals surface area contributed by atoms with Crippen LogP contribution in [0.3, 0.4) is 0 Å². The first-order chi connectivity index (χ1) is 8.29. The Bertz CT molecular complexity index is 359. The van der Waals surface area contributed by atoms with Gasteiger partial charge in [-0.05, 0) is 57.0 Å². The quantitative estimate of drug-likeness (QED) is 0.795. The number of hydrogen-bond donors (Lipinski definition) is 1. The third-order valence-corrected chi connectivity index (χ3v) is 3.29. The molecule has 1 aromatic carbocycles. The number of rotatable bonds is 5. The van der Waals surface area contributed by atoms with Crippen LogP contribution in [0.2, 0.25) is 0 Å². The van der Waals surface area contributed by atoms with Crippen LogP contribution in [0.1, 0.15) is 25.3 Å². The lowest BCUT2D eigenvalue weighted by Crippen LogP contribution is -2.21. The summed E-state index contributed by atoms with van der Waals surface area (Å²) in [6, 6.07) is 6.15. The molecule has 17 heavy (non-hydrogen) atoms. The Balaban J connectivity index is 1.90. The van der Waals surface area contributed by atoms with E-state index in [0.29, 0.717) is 6.61 Å². The number of hydrogen-bond acceptors (Lipinski definition) is 3. The molecule has 0 aliphatic carbocycles. The maximum absolute atomic E-state index is 5.95. The molecule has 1 heterocycles. The van der Waals surface area contributed by atoms with Gasteiger partial charge in [0.1, 0.15) is 5.75 Å². The van der Waals surface area contributed by atoms with Gasteiger partial charge in [-0.25, -0.2) is 0 Å². The molecule has 0 saturated carbocycles. The lowest BCUT2D eigenvalue weighted by Gasteiger charge is -2.15. The molecule has 1 aliphatic rings. The van der Waals surface area contributed by atoms with Crippen molar-refractivity contribution in [2.45, 2.75) is 26.2 Å². The second-order valence-electron chi connectivity index (χ2n) is 4.60. The Labute approximate surface area is 104 Å². The molecule has 94 valence electrons. The number of anilines is 1. The van der Waals surface area contributed by atoms with E-state index in [1.54, 1.807) is 0 Å². The minimum atomic E-state index is 0.664. The van der Waals surface area contributed by atoms with Crippen molar-refractivity contribution in [3.8, 4) is 5.75 Å². The van der Waals surface area contributed by atoms with E-state index in [-0.39, 0.29) is 0 Å². The van der Waals surface area contributed by atoms with E-state index < -0.39 is 0 Å². The van der Waals surface area contributed by atoms with Gasteiger partial charge in [0, 0.05) is 6.54 Å². The van der Waals surface area contributed by atoms with Crippen LogP contribution in [0.4, 0.5) is 5.69 Å². The van der Waals surface area contributed by atoms with Crippen molar-refractivity contribution >= 4 is 5.69 Å². The fraction of sp³-hybridized carbons (Fsp3) is 0.571. The standard InChI is InChI=1S/C14H22N2O/c1-2-17-14-6-5-12(11-13(14)15)7-10-16-8-3-4-9-16/h5-6,11H,2-4,7-10,15H2,1H3. The fourth-order valence-corrected chi connectivity index (χ4v) is 2.33. The van der Waals surface area contributed by atoms with Gasteiger partial charge in [-0.1, -0.05) is 6.07 Å². The van der Waals surface area contributed by atoms with Crippen LogP contribution in [0, 0.1) is 0 Å². The molecular weight excluding hydrogens is 212 g/mol. The minimum absolute atomic E-state index is 0.664. The summed E-state index contributed by atoms with van der Waals surface area (Å²) >= 11 is 0. The normalized spacial score (nSPS) is 16.3. The van der Waals surface area contributed by atoms with Gasteiger partial charge < -0.3 is 15.4 Å². The lowest BCUT2D eigenvalue weighted by atomic mass is 10.1. The van der Waals surface area contributed by atoms with Gasteiger partial charge in [-0.3, -0.25) is 0 Å². The number of nitrogens with two attached hydrogens (primary N) is 1. The molecule has 1 saturated heterocycles. The van der Waals surface area contributed by atoms with E-state index in [4.69, 9.17) is 10.5 Å². The summed E-state index contributed by atoms with van der Waals surface area (Å²) in [5.41, 5.74) is 8.01. The summed E-state index contributed by atoms with van der Waals surface area (Å²) in [7, 11) is 0. The van der Waals surface area contributed by atoms with Crippen LogP contribution in [-0.4, -0.2) is 31.1 Å². The summed E-state index contributed by atoms with van der Waals surface area (Å²) in [5, 5.41) is 0. The monoisotopic (exact) mass is 234 g/mol. The molecule has 2 rings (SSSR count). The molecule has 0 aromatic heterocycles. The van der Waals surface area contributed by atoms with Crippen molar-refractivity contribution < 1.29 is 4.74 Å². The van der Waals surface area contributed by atoms with Gasteiger partial charge in [0.2, 0.25) is 0 Å². The first-order valence-electron chi connectivity index (χ1n) is 6.53. The van der Waals surface area contributed by atoms with Crippen molar-refractivity contribution in [3.63, 3.8) is 0 Å². The summed E-state index contributed by atoms with van der Waals surface area (Å²) in [6.07, 6.45) is 3.79. The maximum atomic E-state index is 5.95. The molecule has 0 bridgehead atoms. The third-order valence-electron chi connectivity index (χ3n) is 3.29. The Morgan fingerprint density at radius 1 is 1.29 bits per heavy atom. The van der Waals surface area contributed by atoms with Crippen LogP contribution >= 0.6 is 0 Å². The summed E-state index contributed by atoms with van der Waals surface area (Å²) in [4.78, 5) is 2.52. The number of ether oxygens (including phenoxy) is 1. The Hall–Kier alpha value is -1.22. The average molecular weight is 234 g/mol. The van der Waals surface area contributed by atoms with E-state index in [2.05, 4.69) is 11.0 Å². The second kappa shape index (κ2) is 5.92. The van der Waals surface area contributed by atoms with Crippen LogP contribution in [-0.2, 0) is 6.42 Å². The largest absolute Gasteiger partial charge is 0.492 e. The SMILES string of the molecule is CCOc1ccc(CCN2CCCC2)cc1N. The van der Waals surface area contributed by atoms with Gasteiger partial charge >= 0.3 is 0 Å². The zero-order valence-electron chi connectivity index (χ0n) is 10.6. The number of likely N-dealkylation sites (tertiary alicyclic amines) is 1. The van der Waals surface area contributed by atoms with Crippen molar-refractivity contribution in [1.29, 1.82) is 0 Å². The number of nitrogens with zero attached hydrogens (tertiary/aromatic N) is 1. The van der Waals surface area contributed by atoms with Gasteiger partial charge in [0.15, 0.2) is 0 Å². The van der Waals surface area contributed by atoms with E-state index in [9.17, 15) is 0 Å². The van der Waals surface area contributed by atoms with Crippen LogP contribution in [0.25, 0.3) is 0 Å². The highest BCUT2D eigenvalue weighted by atomic mass is 16.5. The molecule has 0 atom stereocenters. The van der Waals surface area contributed by atoms with E-state index in [1.165, 1.54) is 31.5 Å². The predicted molar refractivity (Wildman–Crippen MR) is 71.4 cm³/mol. The van der Waals surface area contributed by atoms with Crippen molar-refractivity contribution in [2.75, 3.05) is 32.0 Å². The molecule has 1 aliphatic heterocycles. The van der Waals surface area contributed by atoms with E-state index in [1.807, 2.05) is 19.1 Å². The molecule has 0 amide bonds. The molecule has 2 N–H and O–H groups in total. The molecule has 3 heteroatoms. The molecular formula is C14H22N2O. The zero-order chi connectivity index (χ0) is 12.1. The average Bonchev–Trinajstić information content (AvgIpc) is 2.83. The smallest absolute Gasteiger partial charge is 0.142 e.